The van der Waals surface area contributed by atoms with Crippen molar-refractivity contribution in [3.8, 4) is 5.75 Å². The Morgan fingerprint density at radius 2 is 1.82 bits per heavy atom. The maximum atomic E-state index is 12.5. The van der Waals surface area contributed by atoms with Crippen molar-refractivity contribution in [2.45, 2.75) is 33.6 Å². The quantitative estimate of drug-likeness (QED) is 0.299. The normalized spacial score (nSPS) is 11.1. The summed E-state index contributed by atoms with van der Waals surface area (Å²) in [5.41, 5.74) is -0.244. The Morgan fingerprint density at radius 1 is 1.18 bits per heavy atom. The summed E-state index contributed by atoms with van der Waals surface area (Å²) in [4.78, 5) is 24.1. The third kappa shape index (κ3) is 5.68. The molecule has 122 valence electrons. The van der Waals surface area contributed by atoms with E-state index in [0.29, 0.717) is 30.4 Å². The number of benzene rings is 1. The Kier molecular flexibility index (Phi) is 7.39. The van der Waals surface area contributed by atoms with Crippen molar-refractivity contribution in [2.24, 2.45) is 5.41 Å². The molecule has 0 fully saturated rings. The highest BCUT2D eigenvalue weighted by atomic mass is 35.5. The Bertz CT molecular complexity index is 494. The first kappa shape index (κ1) is 18.5. The van der Waals surface area contributed by atoms with E-state index in [2.05, 4.69) is 0 Å². The molecular weight excluding hydrogens is 304 g/mol. The van der Waals surface area contributed by atoms with Gasteiger partial charge in [-0.25, -0.2) is 0 Å². The Morgan fingerprint density at radius 3 is 2.36 bits per heavy atom. The van der Waals surface area contributed by atoms with Gasteiger partial charge in [0, 0.05) is 16.9 Å². The summed E-state index contributed by atoms with van der Waals surface area (Å²) in [7, 11) is 0. The summed E-state index contributed by atoms with van der Waals surface area (Å²) in [6, 6.07) is 6.93. The third-order valence-corrected chi connectivity index (χ3v) is 3.44. The molecule has 0 unspecified atom stereocenters. The molecule has 5 heteroatoms. The second kappa shape index (κ2) is 8.79. The van der Waals surface area contributed by atoms with Gasteiger partial charge in [-0.2, -0.15) is 0 Å². The number of hydrogen-bond acceptors (Lipinski definition) is 4. The van der Waals surface area contributed by atoms with Gasteiger partial charge < -0.3 is 9.47 Å². The second-order valence-corrected chi connectivity index (χ2v) is 5.99. The van der Waals surface area contributed by atoms with Crippen LogP contribution in [0.5, 0.6) is 5.75 Å². The van der Waals surface area contributed by atoms with Crippen LogP contribution in [0.4, 0.5) is 0 Å². The first-order valence-electron chi connectivity index (χ1n) is 7.40. The van der Waals surface area contributed by atoms with Crippen molar-refractivity contribution >= 4 is 23.4 Å². The molecule has 0 spiro atoms. The van der Waals surface area contributed by atoms with E-state index in [-0.39, 0.29) is 18.2 Å². The lowest BCUT2D eigenvalue weighted by molar-refractivity contribution is -0.144. The zero-order valence-corrected chi connectivity index (χ0v) is 14.1. The van der Waals surface area contributed by atoms with Gasteiger partial charge in [0.15, 0.2) is 5.78 Å². The minimum Gasteiger partial charge on any atom is -0.494 e. The predicted octanol–water partition coefficient (Wildman–Crippen LogP) is 3.86. The average Bonchev–Trinajstić information content (AvgIpc) is 2.47. The fraction of sp³-hybridized carbons (Fsp3) is 0.529. The van der Waals surface area contributed by atoms with Crippen LogP contribution in [-0.2, 0) is 9.53 Å². The number of alkyl halides is 1. The van der Waals surface area contributed by atoms with Crippen molar-refractivity contribution in [2.75, 3.05) is 19.1 Å². The number of hydrogen-bond donors (Lipinski definition) is 0. The van der Waals surface area contributed by atoms with E-state index in [4.69, 9.17) is 21.1 Å². The van der Waals surface area contributed by atoms with E-state index in [1.54, 1.807) is 45.0 Å². The summed E-state index contributed by atoms with van der Waals surface area (Å²) in [6.07, 6.45) is 0.836. The van der Waals surface area contributed by atoms with Gasteiger partial charge in [0.1, 0.15) is 5.75 Å². The van der Waals surface area contributed by atoms with Gasteiger partial charge in [0.05, 0.1) is 19.6 Å². The molecule has 4 nitrogen and oxygen atoms in total. The molecule has 0 atom stereocenters. The molecule has 0 saturated carbocycles. The molecule has 0 aliphatic rings. The number of rotatable bonds is 9. The molecule has 0 aliphatic carbocycles. The minimum absolute atomic E-state index is 0.0631. The Labute approximate surface area is 136 Å². The second-order valence-electron chi connectivity index (χ2n) is 5.61. The summed E-state index contributed by atoms with van der Waals surface area (Å²) < 4.78 is 10.4. The standard InChI is InChI=1S/C17H23ClO4/c1-4-21-15(19)12-17(2,3)16(20)13-6-8-14(9-7-13)22-11-5-10-18/h6-9H,4-5,10-12H2,1-3H3. The average molecular weight is 327 g/mol. The first-order valence-corrected chi connectivity index (χ1v) is 7.93. The van der Waals surface area contributed by atoms with E-state index in [1.807, 2.05) is 0 Å². The lowest BCUT2D eigenvalue weighted by Crippen LogP contribution is -2.28. The molecule has 0 aliphatic heterocycles. The summed E-state index contributed by atoms with van der Waals surface area (Å²) >= 11 is 5.59. The molecule has 0 N–H and O–H groups in total. The Hall–Kier alpha value is -1.55. The summed E-state index contributed by atoms with van der Waals surface area (Å²) in [5, 5.41) is 0. The van der Waals surface area contributed by atoms with Crippen LogP contribution in [0.25, 0.3) is 0 Å². The highest BCUT2D eigenvalue weighted by molar-refractivity contribution is 6.17. The monoisotopic (exact) mass is 326 g/mol. The molecule has 0 amide bonds. The molecule has 0 radical (unpaired) electrons. The number of carbonyl (C=O) groups excluding carboxylic acids is 2. The fourth-order valence-electron chi connectivity index (χ4n) is 1.99. The topological polar surface area (TPSA) is 52.6 Å². The minimum atomic E-state index is -0.798. The number of halogens is 1. The predicted molar refractivity (Wildman–Crippen MR) is 86.6 cm³/mol. The van der Waals surface area contributed by atoms with E-state index < -0.39 is 5.41 Å². The highest BCUT2D eigenvalue weighted by Gasteiger charge is 2.31. The fourth-order valence-corrected chi connectivity index (χ4v) is 2.10. The molecule has 0 heterocycles. The first-order chi connectivity index (χ1) is 10.4. The van der Waals surface area contributed by atoms with Crippen molar-refractivity contribution in [1.82, 2.24) is 0 Å². The number of carbonyl (C=O) groups is 2. The van der Waals surface area contributed by atoms with Gasteiger partial charge in [-0.1, -0.05) is 13.8 Å². The number of ether oxygens (including phenoxy) is 2. The maximum absolute atomic E-state index is 12.5. The van der Waals surface area contributed by atoms with Crippen molar-refractivity contribution < 1.29 is 19.1 Å². The van der Waals surface area contributed by atoms with Crippen LogP contribution in [0.1, 0.15) is 44.0 Å². The molecule has 1 aromatic carbocycles. The zero-order chi connectivity index (χ0) is 16.6. The van der Waals surface area contributed by atoms with Crippen LogP contribution >= 0.6 is 11.6 Å². The largest absolute Gasteiger partial charge is 0.494 e. The smallest absolute Gasteiger partial charge is 0.306 e. The summed E-state index contributed by atoms with van der Waals surface area (Å²) in [6.45, 7) is 6.10. The van der Waals surface area contributed by atoms with Crippen LogP contribution in [0, 0.1) is 5.41 Å². The molecule has 0 saturated heterocycles. The lowest BCUT2D eigenvalue weighted by atomic mass is 9.81. The van der Waals surface area contributed by atoms with Gasteiger partial charge in [0.25, 0.3) is 0 Å². The van der Waals surface area contributed by atoms with Gasteiger partial charge in [0.2, 0.25) is 0 Å². The van der Waals surface area contributed by atoms with Crippen LogP contribution < -0.4 is 4.74 Å². The maximum Gasteiger partial charge on any atom is 0.306 e. The molecular formula is C17H23ClO4. The van der Waals surface area contributed by atoms with Gasteiger partial charge in [-0.3, -0.25) is 9.59 Å². The molecule has 1 rings (SSSR count). The van der Waals surface area contributed by atoms with E-state index in [0.717, 1.165) is 6.42 Å². The number of esters is 1. The van der Waals surface area contributed by atoms with E-state index in [9.17, 15) is 9.59 Å². The van der Waals surface area contributed by atoms with Crippen LogP contribution in [-0.4, -0.2) is 30.8 Å². The molecule has 22 heavy (non-hydrogen) atoms. The molecule has 0 aromatic heterocycles. The third-order valence-electron chi connectivity index (χ3n) is 3.17. The summed E-state index contributed by atoms with van der Waals surface area (Å²) in [5.74, 6) is 0.804. The van der Waals surface area contributed by atoms with Crippen molar-refractivity contribution in [3.63, 3.8) is 0 Å². The van der Waals surface area contributed by atoms with Gasteiger partial charge in [-0.15, -0.1) is 11.6 Å². The van der Waals surface area contributed by atoms with Gasteiger partial charge in [-0.05, 0) is 37.6 Å². The number of ketones is 1. The van der Waals surface area contributed by atoms with Crippen LogP contribution in [0.3, 0.4) is 0 Å². The molecule has 1 aromatic rings. The van der Waals surface area contributed by atoms with E-state index in [1.165, 1.54) is 0 Å². The van der Waals surface area contributed by atoms with Crippen LogP contribution in [0.15, 0.2) is 24.3 Å². The van der Waals surface area contributed by atoms with Crippen molar-refractivity contribution in [1.29, 1.82) is 0 Å². The van der Waals surface area contributed by atoms with Crippen molar-refractivity contribution in [3.05, 3.63) is 29.8 Å². The lowest BCUT2D eigenvalue weighted by Gasteiger charge is -2.22. The van der Waals surface area contributed by atoms with Gasteiger partial charge >= 0.3 is 5.97 Å². The molecule has 0 bridgehead atoms. The Balaban J connectivity index is 2.69. The zero-order valence-electron chi connectivity index (χ0n) is 13.4. The van der Waals surface area contributed by atoms with Crippen LogP contribution in [0.2, 0.25) is 0 Å². The SMILES string of the molecule is CCOC(=O)CC(C)(C)C(=O)c1ccc(OCCCCl)cc1. The van der Waals surface area contributed by atoms with E-state index >= 15 is 0 Å². The highest BCUT2D eigenvalue weighted by Crippen LogP contribution is 2.27. The number of Topliss-reactive ketones (excluding diaryl/α,β-unsaturated/α-hetero) is 1.